The fourth-order valence-corrected chi connectivity index (χ4v) is 3.34. The Hall–Kier alpha value is -3.39. The Labute approximate surface area is 176 Å². The summed E-state index contributed by atoms with van der Waals surface area (Å²) in [6.07, 6.45) is 1.22. The van der Waals surface area contributed by atoms with Crippen LogP contribution in [0.4, 0.5) is 0 Å². The zero-order chi connectivity index (χ0) is 21.8. The van der Waals surface area contributed by atoms with E-state index in [4.69, 9.17) is 11.6 Å². The highest BCUT2D eigenvalue weighted by Gasteiger charge is 2.34. The van der Waals surface area contributed by atoms with Gasteiger partial charge in [-0.2, -0.15) is 0 Å². The number of amides is 2. The first-order valence-electron chi connectivity index (χ1n) is 9.24. The van der Waals surface area contributed by atoms with Gasteiger partial charge in [-0.15, -0.1) is 11.6 Å². The third-order valence-electron chi connectivity index (χ3n) is 4.70. The molecule has 2 amide bonds. The molecule has 9 heteroatoms. The number of rotatable bonds is 7. The summed E-state index contributed by atoms with van der Waals surface area (Å²) >= 11 is 5.37. The van der Waals surface area contributed by atoms with E-state index >= 15 is 0 Å². The second kappa shape index (κ2) is 8.96. The molecule has 2 aromatic carbocycles. The van der Waals surface area contributed by atoms with Crippen LogP contribution in [0.15, 0.2) is 30.3 Å². The van der Waals surface area contributed by atoms with Gasteiger partial charge in [0.25, 0.3) is 5.91 Å². The largest absolute Gasteiger partial charge is 0.507 e. The molecule has 0 spiro atoms. The molecule has 0 saturated carbocycles. The Morgan fingerprint density at radius 1 is 0.867 bits per heavy atom. The number of hydrogen-bond donors (Lipinski definition) is 4. The first-order valence-corrected chi connectivity index (χ1v) is 9.77. The molecular formula is C21H19ClN2O6. The van der Waals surface area contributed by atoms with Crippen molar-refractivity contribution in [3.8, 4) is 11.5 Å². The zero-order valence-corrected chi connectivity index (χ0v) is 16.6. The maximum absolute atomic E-state index is 12.8. The smallest absolute Gasteiger partial charge is 0.251 e. The van der Waals surface area contributed by atoms with Crippen LogP contribution in [0.1, 0.15) is 55.0 Å². The van der Waals surface area contributed by atoms with Crippen molar-refractivity contribution in [3.05, 3.63) is 58.1 Å². The number of nitrogens with one attached hydrogen (secondary N) is 2. The highest BCUT2D eigenvalue weighted by atomic mass is 35.5. The molecule has 0 radical (unpaired) electrons. The molecule has 0 fully saturated rings. The van der Waals surface area contributed by atoms with E-state index in [1.54, 1.807) is 0 Å². The van der Waals surface area contributed by atoms with E-state index in [1.165, 1.54) is 24.3 Å². The number of alkyl halides is 1. The number of aromatic hydroxyl groups is 2. The zero-order valence-electron chi connectivity index (χ0n) is 15.8. The molecule has 2 aromatic rings. The fourth-order valence-electron chi connectivity index (χ4n) is 3.24. The van der Waals surface area contributed by atoms with Crippen molar-refractivity contribution in [2.24, 2.45) is 0 Å². The lowest BCUT2D eigenvalue weighted by Crippen LogP contribution is -2.28. The first kappa shape index (κ1) is 21.3. The van der Waals surface area contributed by atoms with Crippen LogP contribution < -0.4 is 10.6 Å². The van der Waals surface area contributed by atoms with Crippen molar-refractivity contribution in [1.29, 1.82) is 0 Å². The van der Waals surface area contributed by atoms with Crippen molar-refractivity contribution in [1.82, 2.24) is 10.6 Å². The number of carbonyl (C=O) groups excluding carboxylic acids is 4. The lowest BCUT2D eigenvalue weighted by molar-refractivity contribution is -0.118. The molecule has 4 N–H and O–H groups in total. The van der Waals surface area contributed by atoms with Gasteiger partial charge in [0.2, 0.25) is 11.7 Å². The van der Waals surface area contributed by atoms with Gasteiger partial charge in [0.05, 0.1) is 11.1 Å². The topological polar surface area (TPSA) is 133 Å². The van der Waals surface area contributed by atoms with Crippen molar-refractivity contribution in [2.75, 3.05) is 19.0 Å². The van der Waals surface area contributed by atoms with Gasteiger partial charge in [0.15, 0.2) is 5.78 Å². The Morgan fingerprint density at radius 3 is 2.23 bits per heavy atom. The predicted molar refractivity (Wildman–Crippen MR) is 108 cm³/mol. The average molecular weight is 431 g/mol. The summed E-state index contributed by atoms with van der Waals surface area (Å²) < 4.78 is 0. The third kappa shape index (κ3) is 4.13. The van der Waals surface area contributed by atoms with Crippen LogP contribution >= 0.6 is 11.6 Å². The van der Waals surface area contributed by atoms with E-state index in [-0.39, 0.29) is 45.4 Å². The summed E-state index contributed by atoms with van der Waals surface area (Å²) in [4.78, 5) is 48.9. The Balaban J connectivity index is 1.72. The summed E-state index contributed by atoms with van der Waals surface area (Å²) in [5, 5.41) is 25.6. The lowest BCUT2D eigenvalue weighted by Gasteiger charge is -2.20. The molecule has 0 heterocycles. The summed E-state index contributed by atoms with van der Waals surface area (Å²) in [5.74, 6) is -2.98. The van der Waals surface area contributed by atoms with E-state index in [9.17, 15) is 29.4 Å². The summed E-state index contributed by atoms with van der Waals surface area (Å²) in [7, 11) is 0. The maximum atomic E-state index is 12.8. The molecule has 8 nitrogen and oxygen atoms in total. The number of fused-ring (bicyclic) bond motifs is 2. The Bertz CT molecular complexity index is 1050. The molecule has 156 valence electrons. The predicted octanol–water partition coefficient (Wildman–Crippen LogP) is 1.74. The van der Waals surface area contributed by atoms with Gasteiger partial charge in [-0.05, 0) is 31.0 Å². The van der Waals surface area contributed by atoms with Gasteiger partial charge < -0.3 is 20.8 Å². The van der Waals surface area contributed by atoms with E-state index in [1.807, 2.05) is 0 Å². The van der Waals surface area contributed by atoms with E-state index in [2.05, 4.69) is 10.6 Å². The third-order valence-corrected chi connectivity index (χ3v) is 4.94. The highest BCUT2D eigenvalue weighted by molar-refractivity contribution is 6.30. The van der Waals surface area contributed by atoms with Crippen LogP contribution in [0, 0.1) is 0 Å². The van der Waals surface area contributed by atoms with Crippen LogP contribution in [0.25, 0.3) is 0 Å². The van der Waals surface area contributed by atoms with Gasteiger partial charge >= 0.3 is 0 Å². The summed E-state index contributed by atoms with van der Waals surface area (Å²) in [6, 6.07) is 6.51. The number of ketones is 2. The number of phenols is 2. The molecule has 3 rings (SSSR count). The molecule has 30 heavy (non-hydrogen) atoms. The van der Waals surface area contributed by atoms with E-state index in [0.29, 0.717) is 25.9 Å². The van der Waals surface area contributed by atoms with Gasteiger partial charge in [0.1, 0.15) is 17.4 Å². The Kier molecular flexibility index (Phi) is 6.37. The van der Waals surface area contributed by atoms with Crippen LogP contribution in [0.2, 0.25) is 0 Å². The SMILES string of the molecule is O=C(CCl)NCCCCNC(=O)c1cc(O)c2c(c1)C(=O)c1cccc(O)c1C2=O. The van der Waals surface area contributed by atoms with Crippen LogP contribution in [0.5, 0.6) is 11.5 Å². The average Bonchev–Trinajstić information content (AvgIpc) is 2.73. The molecule has 0 unspecified atom stereocenters. The monoisotopic (exact) mass is 430 g/mol. The highest BCUT2D eigenvalue weighted by Crippen LogP contribution is 2.37. The minimum absolute atomic E-state index is 0.0171. The van der Waals surface area contributed by atoms with Crippen molar-refractivity contribution < 1.29 is 29.4 Å². The second-order valence-corrected chi connectivity index (χ2v) is 6.99. The molecule has 0 aromatic heterocycles. The van der Waals surface area contributed by atoms with Crippen LogP contribution in [-0.2, 0) is 4.79 Å². The molecule has 0 atom stereocenters. The number of halogens is 1. The molecular weight excluding hydrogens is 412 g/mol. The van der Waals surface area contributed by atoms with Crippen molar-refractivity contribution in [3.63, 3.8) is 0 Å². The van der Waals surface area contributed by atoms with Gasteiger partial charge in [-0.3, -0.25) is 19.2 Å². The molecule has 0 aliphatic heterocycles. The van der Waals surface area contributed by atoms with Gasteiger partial charge in [0, 0.05) is 29.8 Å². The fraction of sp³-hybridized carbons (Fsp3) is 0.238. The van der Waals surface area contributed by atoms with Crippen LogP contribution in [-0.4, -0.2) is 52.6 Å². The standard InChI is InChI=1S/C21H19ClN2O6/c22-10-16(27)23-6-1-2-7-24-21(30)11-8-13-18(15(26)9-11)20(29)17-12(19(13)28)4-3-5-14(17)25/h3-5,8-9,25-26H,1-2,6-7,10H2,(H,23,27)(H,24,30). The Morgan fingerprint density at radius 2 is 1.53 bits per heavy atom. The maximum Gasteiger partial charge on any atom is 0.251 e. The number of hydrogen-bond acceptors (Lipinski definition) is 6. The van der Waals surface area contributed by atoms with Crippen molar-refractivity contribution in [2.45, 2.75) is 12.8 Å². The number of unbranched alkanes of at least 4 members (excludes halogenated alkanes) is 1. The molecule has 0 bridgehead atoms. The van der Waals surface area contributed by atoms with Gasteiger partial charge in [-0.25, -0.2) is 0 Å². The van der Waals surface area contributed by atoms with Crippen molar-refractivity contribution >= 4 is 35.0 Å². The van der Waals surface area contributed by atoms with E-state index in [0.717, 1.165) is 6.07 Å². The number of benzene rings is 2. The quantitative estimate of drug-likeness (QED) is 0.333. The van der Waals surface area contributed by atoms with Gasteiger partial charge in [-0.1, -0.05) is 12.1 Å². The molecule has 1 aliphatic rings. The molecule has 0 saturated heterocycles. The normalized spacial score (nSPS) is 12.2. The summed E-state index contributed by atoms with van der Waals surface area (Å²) in [5.41, 5.74) is -0.439. The van der Waals surface area contributed by atoms with E-state index < -0.39 is 23.2 Å². The molecule has 1 aliphatic carbocycles. The number of carbonyl (C=O) groups is 4. The number of phenolic OH excluding ortho intramolecular Hbond substituents is 2. The lowest BCUT2D eigenvalue weighted by atomic mass is 9.82. The minimum Gasteiger partial charge on any atom is -0.507 e. The first-order chi connectivity index (χ1) is 14.3. The summed E-state index contributed by atoms with van der Waals surface area (Å²) in [6.45, 7) is 0.751. The minimum atomic E-state index is -0.679. The van der Waals surface area contributed by atoms with Crippen LogP contribution in [0.3, 0.4) is 0 Å². The second-order valence-electron chi connectivity index (χ2n) is 6.72.